The molecule has 1 aliphatic heterocycles. The van der Waals surface area contributed by atoms with Crippen LogP contribution in [-0.2, 0) is 6.54 Å². The monoisotopic (exact) mass is 334 g/mol. The van der Waals surface area contributed by atoms with E-state index in [9.17, 15) is 15.0 Å². The Bertz CT molecular complexity index is 508. The predicted octanol–water partition coefficient (Wildman–Crippen LogP) is 1.64. The van der Waals surface area contributed by atoms with Crippen molar-refractivity contribution in [3.8, 4) is 0 Å². The van der Waals surface area contributed by atoms with Crippen LogP contribution in [0.5, 0.6) is 0 Å². The fourth-order valence-electron chi connectivity index (χ4n) is 2.88. The van der Waals surface area contributed by atoms with Crippen LogP contribution in [0.3, 0.4) is 0 Å². The second-order valence-corrected chi connectivity index (χ2v) is 7.12. The third-order valence-electron chi connectivity index (χ3n) is 4.83. The van der Waals surface area contributed by atoms with Gasteiger partial charge in [-0.25, -0.2) is 0 Å². The highest BCUT2D eigenvalue weighted by Gasteiger charge is 2.18. The van der Waals surface area contributed by atoms with Crippen molar-refractivity contribution in [1.29, 1.82) is 0 Å². The molecule has 1 heterocycles. The van der Waals surface area contributed by atoms with E-state index in [1.165, 1.54) is 5.56 Å². The SMILES string of the molecule is CC(C)C(O)CNC(=O)c1ccc(CN2CCC(CO)CC2)cc1. The van der Waals surface area contributed by atoms with Crippen LogP contribution in [-0.4, -0.2) is 53.4 Å². The van der Waals surface area contributed by atoms with Gasteiger partial charge in [-0.3, -0.25) is 9.69 Å². The van der Waals surface area contributed by atoms with Gasteiger partial charge in [0.1, 0.15) is 0 Å². The van der Waals surface area contributed by atoms with E-state index < -0.39 is 6.10 Å². The highest BCUT2D eigenvalue weighted by atomic mass is 16.3. The van der Waals surface area contributed by atoms with Gasteiger partial charge in [0, 0.05) is 25.3 Å². The Labute approximate surface area is 144 Å². The number of amides is 1. The molecule has 5 heteroatoms. The van der Waals surface area contributed by atoms with E-state index in [0.29, 0.717) is 18.1 Å². The van der Waals surface area contributed by atoms with Gasteiger partial charge in [-0.15, -0.1) is 0 Å². The molecular formula is C19H30N2O3. The number of hydrogen-bond donors (Lipinski definition) is 3. The number of carbonyl (C=O) groups excluding carboxylic acids is 1. The van der Waals surface area contributed by atoms with Crippen molar-refractivity contribution < 1.29 is 15.0 Å². The smallest absolute Gasteiger partial charge is 0.251 e. The van der Waals surface area contributed by atoms with Gasteiger partial charge in [-0.1, -0.05) is 26.0 Å². The zero-order chi connectivity index (χ0) is 17.5. The summed E-state index contributed by atoms with van der Waals surface area (Å²) in [6.45, 7) is 7.33. The lowest BCUT2D eigenvalue weighted by Gasteiger charge is -2.31. The van der Waals surface area contributed by atoms with E-state index in [1.807, 2.05) is 38.1 Å². The maximum atomic E-state index is 12.1. The molecule has 0 bridgehead atoms. The molecular weight excluding hydrogens is 304 g/mol. The highest BCUT2D eigenvalue weighted by Crippen LogP contribution is 2.18. The van der Waals surface area contributed by atoms with Crippen LogP contribution in [0.25, 0.3) is 0 Å². The van der Waals surface area contributed by atoms with E-state index in [0.717, 1.165) is 32.5 Å². The number of piperidine rings is 1. The number of likely N-dealkylation sites (tertiary alicyclic amines) is 1. The number of nitrogens with one attached hydrogen (secondary N) is 1. The van der Waals surface area contributed by atoms with E-state index in [4.69, 9.17) is 0 Å². The van der Waals surface area contributed by atoms with Gasteiger partial charge >= 0.3 is 0 Å². The van der Waals surface area contributed by atoms with Gasteiger partial charge in [-0.2, -0.15) is 0 Å². The van der Waals surface area contributed by atoms with Gasteiger partial charge in [-0.05, 0) is 55.5 Å². The van der Waals surface area contributed by atoms with Crippen molar-refractivity contribution in [2.24, 2.45) is 11.8 Å². The molecule has 3 N–H and O–H groups in total. The van der Waals surface area contributed by atoms with Gasteiger partial charge in [0.2, 0.25) is 0 Å². The minimum atomic E-state index is -0.518. The number of benzene rings is 1. The van der Waals surface area contributed by atoms with Crippen LogP contribution in [0, 0.1) is 11.8 Å². The van der Waals surface area contributed by atoms with Crippen LogP contribution in [0.1, 0.15) is 42.6 Å². The number of aliphatic hydroxyl groups excluding tert-OH is 2. The van der Waals surface area contributed by atoms with E-state index >= 15 is 0 Å². The van der Waals surface area contributed by atoms with Crippen molar-refractivity contribution in [2.75, 3.05) is 26.2 Å². The molecule has 1 aliphatic rings. The van der Waals surface area contributed by atoms with Crippen molar-refractivity contribution in [2.45, 2.75) is 39.3 Å². The summed E-state index contributed by atoms with van der Waals surface area (Å²) in [4.78, 5) is 14.5. The predicted molar refractivity (Wildman–Crippen MR) is 94.7 cm³/mol. The largest absolute Gasteiger partial charge is 0.396 e. The lowest BCUT2D eigenvalue weighted by molar-refractivity contribution is 0.0871. The first-order chi connectivity index (χ1) is 11.5. The molecule has 1 atom stereocenters. The Balaban J connectivity index is 1.81. The van der Waals surface area contributed by atoms with E-state index in [2.05, 4.69) is 10.2 Å². The van der Waals surface area contributed by atoms with Crippen LogP contribution in [0.15, 0.2) is 24.3 Å². The summed E-state index contributed by atoms with van der Waals surface area (Å²) in [6, 6.07) is 7.66. The minimum Gasteiger partial charge on any atom is -0.396 e. The highest BCUT2D eigenvalue weighted by molar-refractivity contribution is 5.94. The normalized spacial score (nSPS) is 17.9. The summed E-state index contributed by atoms with van der Waals surface area (Å²) in [5, 5.41) is 21.7. The molecule has 0 saturated carbocycles. The van der Waals surface area contributed by atoms with Gasteiger partial charge in [0.15, 0.2) is 0 Å². The molecule has 0 aromatic heterocycles. The van der Waals surface area contributed by atoms with Crippen molar-refractivity contribution in [3.05, 3.63) is 35.4 Å². The van der Waals surface area contributed by atoms with Crippen molar-refractivity contribution in [1.82, 2.24) is 10.2 Å². The third kappa shape index (κ3) is 5.58. The number of aliphatic hydroxyl groups is 2. The molecule has 1 aromatic rings. The van der Waals surface area contributed by atoms with Crippen LogP contribution in [0.2, 0.25) is 0 Å². The van der Waals surface area contributed by atoms with Crippen molar-refractivity contribution >= 4 is 5.91 Å². The summed E-state index contributed by atoms with van der Waals surface area (Å²) < 4.78 is 0. The molecule has 1 fully saturated rings. The average molecular weight is 334 g/mol. The Hall–Kier alpha value is -1.43. The van der Waals surface area contributed by atoms with Crippen molar-refractivity contribution in [3.63, 3.8) is 0 Å². The number of hydrogen-bond acceptors (Lipinski definition) is 4. The maximum absolute atomic E-state index is 12.1. The lowest BCUT2D eigenvalue weighted by Crippen LogP contribution is -2.35. The second-order valence-electron chi connectivity index (χ2n) is 7.12. The minimum absolute atomic E-state index is 0.127. The number of carbonyl (C=O) groups is 1. The molecule has 134 valence electrons. The first kappa shape index (κ1) is 18.9. The molecule has 1 saturated heterocycles. The summed E-state index contributed by atoms with van der Waals surface area (Å²) in [5.74, 6) is 0.432. The Morgan fingerprint density at radius 3 is 2.42 bits per heavy atom. The quantitative estimate of drug-likeness (QED) is 0.709. The third-order valence-corrected chi connectivity index (χ3v) is 4.83. The van der Waals surface area contributed by atoms with Gasteiger partial charge in [0.05, 0.1) is 6.10 Å². The van der Waals surface area contributed by atoms with Gasteiger partial charge < -0.3 is 15.5 Å². The first-order valence-corrected chi connectivity index (χ1v) is 8.88. The Morgan fingerprint density at radius 1 is 1.25 bits per heavy atom. The number of rotatable bonds is 7. The molecule has 24 heavy (non-hydrogen) atoms. The Morgan fingerprint density at radius 2 is 1.88 bits per heavy atom. The molecule has 0 spiro atoms. The summed E-state index contributed by atoms with van der Waals surface area (Å²) >= 11 is 0. The molecule has 1 aromatic carbocycles. The van der Waals surface area contributed by atoms with Crippen LogP contribution >= 0.6 is 0 Å². The molecule has 5 nitrogen and oxygen atoms in total. The standard InChI is InChI=1S/C19H30N2O3/c1-14(2)18(23)11-20-19(24)17-5-3-15(4-6-17)12-21-9-7-16(13-22)8-10-21/h3-6,14,16,18,22-23H,7-13H2,1-2H3,(H,20,24). The van der Waals surface area contributed by atoms with Crippen LogP contribution in [0.4, 0.5) is 0 Å². The lowest BCUT2D eigenvalue weighted by atomic mass is 9.97. The van der Waals surface area contributed by atoms with Crippen LogP contribution < -0.4 is 5.32 Å². The molecule has 1 amide bonds. The summed E-state index contributed by atoms with van der Waals surface area (Å²) in [5.41, 5.74) is 1.81. The maximum Gasteiger partial charge on any atom is 0.251 e. The average Bonchev–Trinajstić information content (AvgIpc) is 2.60. The number of nitrogens with zero attached hydrogens (tertiary/aromatic N) is 1. The van der Waals surface area contributed by atoms with Gasteiger partial charge in [0.25, 0.3) is 5.91 Å². The first-order valence-electron chi connectivity index (χ1n) is 8.88. The Kier molecular flexibility index (Phi) is 7.21. The van der Waals surface area contributed by atoms with E-state index in [-0.39, 0.29) is 18.4 Å². The summed E-state index contributed by atoms with van der Waals surface area (Å²) in [6.07, 6.45) is 1.58. The zero-order valence-electron chi connectivity index (χ0n) is 14.7. The zero-order valence-corrected chi connectivity index (χ0v) is 14.7. The fourth-order valence-corrected chi connectivity index (χ4v) is 2.88. The van der Waals surface area contributed by atoms with E-state index in [1.54, 1.807) is 0 Å². The molecule has 2 rings (SSSR count). The topological polar surface area (TPSA) is 72.8 Å². The molecule has 1 unspecified atom stereocenters. The summed E-state index contributed by atoms with van der Waals surface area (Å²) in [7, 11) is 0. The molecule has 0 aliphatic carbocycles. The fraction of sp³-hybridized carbons (Fsp3) is 0.632. The molecule has 0 radical (unpaired) electrons. The second kappa shape index (κ2) is 9.16.